The number of aliphatic carboxylic acids is 1. The minimum atomic E-state index is -0.837. The molecule has 0 atom stereocenters. The first kappa shape index (κ1) is 19.2. The van der Waals surface area contributed by atoms with E-state index >= 15 is 0 Å². The van der Waals surface area contributed by atoms with Gasteiger partial charge in [-0.15, -0.1) is 0 Å². The molecule has 0 saturated carbocycles. The van der Waals surface area contributed by atoms with Crippen molar-refractivity contribution in [3.8, 4) is 0 Å². The summed E-state index contributed by atoms with van der Waals surface area (Å²) >= 11 is 7.70. The molecule has 2 N–H and O–H groups in total. The number of carboxylic acid groups (broad SMARTS) is 1. The lowest BCUT2D eigenvalue weighted by molar-refractivity contribution is -0.137. The standard InChI is InChI=1S/C21H22ClN3O2S/c1-14-21(28-16-7-5-15(22)6-8-16)20-17(24-11-9-23-10-12-24)3-2-4-18(20)25(14)13-19(26)27/h2-8,23H,9-13H2,1H3,(H,26,27). The van der Waals surface area contributed by atoms with E-state index in [1.807, 2.05) is 47.9 Å². The monoisotopic (exact) mass is 415 g/mol. The first-order chi connectivity index (χ1) is 13.5. The van der Waals surface area contributed by atoms with Crippen LogP contribution in [-0.2, 0) is 11.3 Å². The molecule has 28 heavy (non-hydrogen) atoms. The van der Waals surface area contributed by atoms with E-state index in [0.717, 1.165) is 52.6 Å². The van der Waals surface area contributed by atoms with Crippen molar-refractivity contribution in [1.82, 2.24) is 9.88 Å². The second kappa shape index (κ2) is 8.07. The Balaban J connectivity index is 1.88. The molecule has 4 rings (SSSR count). The van der Waals surface area contributed by atoms with Crippen LogP contribution in [0.4, 0.5) is 5.69 Å². The van der Waals surface area contributed by atoms with E-state index in [-0.39, 0.29) is 6.54 Å². The van der Waals surface area contributed by atoms with Crippen molar-refractivity contribution in [1.29, 1.82) is 0 Å². The highest BCUT2D eigenvalue weighted by Crippen LogP contribution is 2.43. The number of carboxylic acids is 1. The van der Waals surface area contributed by atoms with E-state index in [4.69, 9.17) is 11.6 Å². The Morgan fingerprint density at radius 3 is 2.57 bits per heavy atom. The summed E-state index contributed by atoms with van der Waals surface area (Å²) in [7, 11) is 0. The lowest BCUT2D eigenvalue weighted by atomic mass is 10.1. The fourth-order valence-corrected chi connectivity index (χ4v) is 4.93. The number of hydrogen-bond donors (Lipinski definition) is 2. The maximum Gasteiger partial charge on any atom is 0.323 e. The van der Waals surface area contributed by atoms with Gasteiger partial charge < -0.3 is 19.9 Å². The summed E-state index contributed by atoms with van der Waals surface area (Å²) in [4.78, 5) is 16.1. The van der Waals surface area contributed by atoms with E-state index < -0.39 is 5.97 Å². The van der Waals surface area contributed by atoms with Gasteiger partial charge in [0.15, 0.2) is 0 Å². The largest absolute Gasteiger partial charge is 0.480 e. The van der Waals surface area contributed by atoms with Crippen molar-refractivity contribution in [2.75, 3.05) is 31.1 Å². The Kier molecular flexibility index (Phi) is 5.53. The van der Waals surface area contributed by atoms with E-state index in [0.29, 0.717) is 5.02 Å². The van der Waals surface area contributed by atoms with Gasteiger partial charge in [-0.05, 0) is 43.3 Å². The summed E-state index contributed by atoms with van der Waals surface area (Å²) in [5.41, 5.74) is 3.11. The highest BCUT2D eigenvalue weighted by Gasteiger charge is 2.22. The van der Waals surface area contributed by atoms with E-state index in [1.165, 1.54) is 5.69 Å². The van der Waals surface area contributed by atoms with Gasteiger partial charge >= 0.3 is 5.97 Å². The highest BCUT2D eigenvalue weighted by atomic mass is 35.5. The summed E-state index contributed by atoms with van der Waals surface area (Å²) in [6.45, 7) is 5.73. The third kappa shape index (κ3) is 3.72. The van der Waals surface area contributed by atoms with Crippen LogP contribution in [-0.4, -0.2) is 41.8 Å². The minimum absolute atomic E-state index is 0.0471. The molecule has 0 bridgehead atoms. The second-order valence-electron chi connectivity index (χ2n) is 6.86. The van der Waals surface area contributed by atoms with Gasteiger partial charge in [-0.1, -0.05) is 29.4 Å². The van der Waals surface area contributed by atoms with Gasteiger partial charge in [0, 0.05) is 57.8 Å². The number of nitrogens with one attached hydrogen (secondary N) is 1. The van der Waals surface area contributed by atoms with Crippen LogP contribution in [0.1, 0.15) is 5.69 Å². The molecular formula is C21H22ClN3O2S. The van der Waals surface area contributed by atoms with Crippen molar-refractivity contribution in [3.05, 3.63) is 53.2 Å². The zero-order chi connectivity index (χ0) is 19.7. The molecule has 5 nitrogen and oxygen atoms in total. The van der Waals surface area contributed by atoms with Crippen LogP contribution in [0.25, 0.3) is 10.9 Å². The molecule has 3 aromatic rings. The molecule has 146 valence electrons. The number of hydrogen-bond acceptors (Lipinski definition) is 4. The molecule has 0 radical (unpaired) electrons. The van der Waals surface area contributed by atoms with Gasteiger partial charge in [0.25, 0.3) is 0 Å². The molecular weight excluding hydrogens is 394 g/mol. The Hall–Kier alpha value is -2.15. The van der Waals surface area contributed by atoms with Crippen LogP contribution in [0.15, 0.2) is 52.3 Å². The van der Waals surface area contributed by atoms with Crippen LogP contribution in [0.2, 0.25) is 5.02 Å². The van der Waals surface area contributed by atoms with E-state index in [9.17, 15) is 9.90 Å². The number of nitrogens with zero attached hydrogens (tertiary/aromatic N) is 2. The minimum Gasteiger partial charge on any atom is -0.480 e. The van der Waals surface area contributed by atoms with Crippen LogP contribution in [0, 0.1) is 6.92 Å². The summed E-state index contributed by atoms with van der Waals surface area (Å²) in [6, 6.07) is 13.9. The maximum absolute atomic E-state index is 11.5. The molecule has 0 unspecified atom stereocenters. The number of carbonyl (C=O) groups is 1. The van der Waals surface area contributed by atoms with Crippen molar-refractivity contribution in [3.63, 3.8) is 0 Å². The predicted octanol–water partition coefficient (Wildman–Crippen LogP) is 4.25. The van der Waals surface area contributed by atoms with E-state index in [2.05, 4.69) is 16.3 Å². The zero-order valence-electron chi connectivity index (χ0n) is 15.6. The van der Waals surface area contributed by atoms with Gasteiger partial charge in [-0.3, -0.25) is 4.79 Å². The normalized spacial score (nSPS) is 14.6. The molecule has 1 aliphatic rings. The van der Waals surface area contributed by atoms with E-state index in [1.54, 1.807) is 11.8 Å². The van der Waals surface area contributed by atoms with Crippen LogP contribution >= 0.6 is 23.4 Å². The van der Waals surface area contributed by atoms with Crippen molar-refractivity contribution in [2.45, 2.75) is 23.3 Å². The predicted molar refractivity (Wildman–Crippen MR) is 115 cm³/mol. The SMILES string of the molecule is Cc1c(Sc2ccc(Cl)cc2)c2c(N3CCNCC3)cccc2n1CC(=O)O. The van der Waals surface area contributed by atoms with Crippen molar-refractivity contribution in [2.24, 2.45) is 0 Å². The molecule has 7 heteroatoms. The quantitative estimate of drug-likeness (QED) is 0.652. The third-order valence-electron chi connectivity index (χ3n) is 5.06. The van der Waals surface area contributed by atoms with Gasteiger partial charge in [0.2, 0.25) is 0 Å². The molecule has 0 aliphatic carbocycles. The summed E-state index contributed by atoms with van der Waals surface area (Å²) in [6.07, 6.45) is 0. The number of benzene rings is 2. The van der Waals surface area contributed by atoms with Crippen molar-refractivity contribution < 1.29 is 9.90 Å². The van der Waals surface area contributed by atoms with Gasteiger partial charge in [-0.2, -0.15) is 0 Å². The van der Waals surface area contributed by atoms with Gasteiger partial charge in [-0.25, -0.2) is 0 Å². The molecule has 2 aromatic carbocycles. The number of halogens is 1. The molecule has 1 saturated heterocycles. The first-order valence-electron chi connectivity index (χ1n) is 9.27. The molecule has 0 spiro atoms. The number of rotatable bonds is 5. The Labute approximate surface area is 173 Å². The Bertz CT molecular complexity index is 1010. The number of piperazine rings is 1. The number of aromatic nitrogens is 1. The lowest BCUT2D eigenvalue weighted by Gasteiger charge is -2.30. The Morgan fingerprint density at radius 1 is 1.18 bits per heavy atom. The molecule has 0 amide bonds. The van der Waals surface area contributed by atoms with Gasteiger partial charge in [0.05, 0.1) is 5.52 Å². The fraction of sp³-hybridized carbons (Fsp3) is 0.286. The smallest absolute Gasteiger partial charge is 0.323 e. The molecule has 1 aromatic heterocycles. The topological polar surface area (TPSA) is 57.5 Å². The summed E-state index contributed by atoms with van der Waals surface area (Å²) < 4.78 is 1.90. The second-order valence-corrected chi connectivity index (χ2v) is 8.38. The maximum atomic E-state index is 11.5. The van der Waals surface area contributed by atoms with Crippen LogP contribution in [0.5, 0.6) is 0 Å². The molecule has 1 aliphatic heterocycles. The highest BCUT2D eigenvalue weighted by molar-refractivity contribution is 7.99. The number of fused-ring (bicyclic) bond motifs is 1. The summed E-state index contributed by atoms with van der Waals surface area (Å²) in [5, 5.41) is 14.7. The Morgan fingerprint density at radius 2 is 1.89 bits per heavy atom. The van der Waals surface area contributed by atoms with Crippen LogP contribution < -0.4 is 10.2 Å². The average Bonchev–Trinajstić information content (AvgIpc) is 2.96. The van der Waals surface area contributed by atoms with Crippen molar-refractivity contribution >= 4 is 45.9 Å². The summed E-state index contributed by atoms with van der Waals surface area (Å²) in [5.74, 6) is -0.837. The average molecular weight is 416 g/mol. The first-order valence-corrected chi connectivity index (χ1v) is 10.5. The zero-order valence-corrected chi connectivity index (χ0v) is 17.2. The van der Waals surface area contributed by atoms with Gasteiger partial charge in [0.1, 0.15) is 6.54 Å². The number of anilines is 1. The van der Waals surface area contributed by atoms with Crippen LogP contribution in [0.3, 0.4) is 0 Å². The molecule has 1 fully saturated rings. The lowest BCUT2D eigenvalue weighted by Crippen LogP contribution is -2.43. The fourth-order valence-electron chi connectivity index (χ4n) is 3.72. The third-order valence-corrected chi connectivity index (χ3v) is 6.52. The molecule has 2 heterocycles.